The summed E-state index contributed by atoms with van der Waals surface area (Å²) in [6.07, 6.45) is 1.23. The van der Waals surface area contributed by atoms with Crippen molar-refractivity contribution in [2.75, 3.05) is 25.5 Å². The van der Waals surface area contributed by atoms with Gasteiger partial charge in [-0.3, -0.25) is 4.79 Å². The predicted molar refractivity (Wildman–Crippen MR) is 119 cm³/mol. The van der Waals surface area contributed by atoms with Crippen molar-refractivity contribution in [3.05, 3.63) is 58.7 Å². The number of hydrogen-bond donors (Lipinski definition) is 1. The molecule has 0 saturated carbocycles. The summed E-state index contributed by atoms with van der Waals surface area (Å²) in [6.45, 7) is 6.08. The van der Waals surface area contributed by atoms with E-state index in [9.17, 15) is 18.0 Å². The van der Waals surface area contributed by atoms with Gasteiger partial charge in [0.05, 0.1) is 23.5 Å². The number of anilines is 1. The fourth-order valence-corrected chi connectivity index (χ4v) is 6.06. The van der Waals surface area contributed by atoms with Crippen molar-refractivity contribution in [1.82, 2.24) is 4.31 Å². The van der Waals surface area contributed by atoms with E-state index >= 15 is 0 Å². The lowest BCUT2D eigenvalue weighted by molar-refractivity contribution is -0.120. The highest BCUT2D eigenvalue weighted by atomic mass is 32.2. The molecular weight excluding hydrogens is 416 g/mol. The van der Waals surface area contributed by atoms with E-state index in [2.05, 4.69) is 10.1 Å². The number of aryl methyl sites for hydroxylation is 3. The van der Waals surface area contributed by atoms with Gasteiger partial charge in [0, 0.05) is 18.8 Å². The fraction of sp³-hybridized carbons (Fsp3) is 0.391. The van der Waals surface area contributed by atoms with Gasteiger partial charge in [0.25, 0.3) is 0 Å². The number of ether oxygens (including phenoxy) is 1. The number of carbonyl (C=O) groups excluding carboxylic acids is 2. The number of nitrogens with one attached hydrogen (secondary N) is 1. The molecule has 1 aliphatic heterocycles. The quantitative estimate of drug-likeness (QED) is 0.713. The number of amides is 1. The topological polar surface area (TPSA) is 92.8 Å². The minimum Gasteiger partial charge on any atom is -0.465 e. The van der Waals surface area contributed by atoms with Gasteiger partial charge in [0.2, 0.25) is 15.9 Å². The summed E-state index contributed by atoms with van der Waals surface area (Å²) in [4.78, 5) is 24.7. The van der Waals surface area contributed by atoms with Crippen LogP contribution in [0, 0.1) is 26.7 Å². The monoisotopic (exact) mass is 444 g/mol. The minimum atomic E-state index is -3.70. The van der Waals surface area contributed by atoms with Crippen molar-refractivity contribution in [2.24, 2.45) is 5.92 Å². The maximum Gasteiger partial charge on any atom is 0.337 e. The molecule has 1 heterocycles. The first kappa shape index (κ1) is 23.0. The average molecular weight is 445 g/mol. The molecule has 0 aromatic heterocycles. The summed E-state index contributed by atoms with van der Waals surface area (Å²) in [5.74, 6) is -1.13. The van der Waals surface area contributed by atoms with Crippen LogP contribution in [-0.2, 0) is 19.6 Å². The Morgan fingerprint density at radius 1 is 1.06 bits per heavy atom. The molecule has 1 amide bonds. The van der Waals surface area contributed by atoms with Crippen LogP contribution in [0.25, 0.3) is 0 Å². The number of hydrogen-bond acceptors (Lipinski definition) is 5. The largest absolute Gasteiger partial charge is 0.465 e. The van der Waals surface area contributed by atoms with Crippen LogP contribution in [0.15, 0.2) is 41.3 Å². The van der Waals surface area contributed by atoms with Crippen molar-refractivity contribution < 1.29 is 22.7 Å². The number of benzene rings is 2. The second-order valence-corrected chi connectivity index (χ2v) is 9.86. The molecule has 0 spiro atoms. The molecule has 0 aliphatic carbocycles. The number of nitrogens with zero attached hydrogens (tertiary/aromatic N) is 1. The van der Waals surface area contributed by atoms with Gasteiger partial charge in [-0.1, -0.05) is 17.7 Å². The molecule has 7 nitrogen and oxygen atoms in total. The summed E-state index contributed by atoms with van der Waals surface area (Å²) < 4.78 is 32.8. The third-order valence-corrected chi connectivity index (χ3v) is 7.70. The fourth-order valence-electron chi connectivity index (χ4n) is 4.13. The Labute approximate surface area is 183 Å². The third kappa shape index (κ3) is 4.97. The second kappa shape index (κ2) is 9.20. The zero-order chi connectivity index (χ0) is 22.8. The molecule has 0 bridgehead atoms. The Bertz CT molecular complexity index is 1070. The van der Waals surface area contributed by atoms with Crippen LogP contribution < -0.4 is 5.32 Å². The zero-order valence-corrected chi connectivity index (χ0v) is 19.1. The SMILES string of the molecule is COC(=O)c1ccc(NC(=O)[C@H]2CCCN(S(=O)(=O)c3c(C)cc(C)cc3C)C2)cc1. The lowest BCUT2D eigenvalue weighted by Crippen LogP contribution is -2.44. The van der Waals surface area contributed by atoms with Gasteiger partial charge in [0.1, 0.15) is 0 Å². The number of rotatable bonds is 5. The van der Waals surface area contributed by atoms with E-state index in [4.69, 9.17) is 0 Å². The highest BCUT2D eigenvalue weighted by Crippen LogP contribution is 2.29. The van der Waals surface area contributed by atoms with Crippen LogP contribution in [0.1, 0.15) is 39.9 Å². The van der Waals surface area contributed by atoms with E-state index in [0.717, 1.165) is 16.7 Å². The lowest BCUT2D eigenvalue weighted by Gasteiger charge is -2.32. The van der Waals surface area contributed by atoms with Crippen molar-refractivity contribution >= 4 is 27.6 Å². The summed E-state index contributed by atoms with van der Waals surface area (Å²) >= 11 is 0. The summed E-state index contributed by atoms with van der Waals surface area (Å²) in [5, 5.41) is 2.83. The molecule has 1 fully saturated rings. The number of carbonyl (C=O) groups is 2. The van der Waals surface area contributed by atoms with Crippen LogP contribution in [0.4, 0.5) is 5.69 Å². The van der Waals surface area contributed by atoms with Crippen molar-refractivity contribution in [2.45, 2.75) is 38.5 Å². The molecule has 1 aliphatic rings. The van der Waals surface area contributed by atoms with Gasteiger partial charge in [-0.25, -0.2) is 13.2 Å². The summed E-state index contributed by atoms with van der Waals surface area (Å²) in [5.41, 5.74) is 3.38. The summed E-state index contributed by atoms with van der Waals surface area (Å²) in [6, 6.07) is 10.1. The molecule has 1 N–H and O–H groups in total. The van der Waals surface area contributed by atoms with Gasteiger partial charge in [0.15, 0.2) is 0 Å². The van der Waals surface area contributed by atoms with Gasteiger partial charge in [-0.15, -0.1) is 0 Å². The standard InChI is InChI=1S/C23H28N2O5S/c1-15-12-16(2)21(17(3)13-15)31(28,29)25-11-5-6-19(14-25)22(26)24-20-9-7-18(8-10-20)23(27)30-4/h7-10,12-13,19H,5-6,11,14H2,1-4H3,(H,24,26)/t19-/m0/s1. The van der Waals surface area contributed by atoms with E-state index in [1.165, 1.54) is 11.4 Å². The molecule has 1 atom stereocenters. The normalized spacial score (nSPS) is 17.2. The van der Waals surface area contributed by atoms with Crippen LogP contribution in [0.3, 0.4) is 0 Å². The van der Waals surface area contributed by atoms with E-state index < -0.39 is 21.9 Å². The first-order chi connectivity index (χ1) is 14.6. The molecule has 3 rings (SSSR count). The van der Waals surface area contributed by atoms with Crippen LogP contribution in [-0.4, -0.2) is 44.8 Å². The van der Waals surface area contributed by atoms with Crippen molar-refractivity contribution in [3.63, 3.8) is 0 Å². The Kier molecular flexibility index (Phi) is 6.81. The minimum absolute atomic E-state index is 0.140. The Balaban J connectivity index is 1.74. The van der Waals surface area contributed by atoms with Crippen LogP contribution in [0.5, 0.6) is 0 Å². The maximum absolute atomic E-state index is 13.3. The highest BCUT2D eigenvalue weighted by molar-refractivity contribution is 7.89. The predicted octanol–water partition coefficient (Wildman–Crippen LogP) is 3.44. The second-order valence-electron chi connectivity index (χ2n) is 7.99. The Hall–Kier alpha value is -2.71. The lowest BCUT2D eigenvalue weighted by atomic mass is 9.98. The molecule has 31 heavy (non-hydrogen) atoms. The maximum atomic E-state index is 13.3. The van der Waals surface area contributed by atoms with Crippen molar-refractivity contribution in [3.8, 4) is 0 Å². The molecule has 2 aromatic rings. The number of methoxy groups -OCH3 is 1. The smallest absolute Gasteiger partial charge is 0.337 e. The zero-order valence-electron chi connectivity index (χ0n) is 18.3. The number of sulfonamides is 1. The Morgan fingerprint density at radius 2 is 1.68 bits per heavy atom. The molecule has 8 heteroatoms. The first-order valence-corrected chi connectivity index (χ1v) is 11.6. The van der Waals surface area contributed by atoms with Crippen LogP contribution in [0.2, 0.25) is 0 Å². The molecule has 0 radical (unpaired) electrons. The van der Waals surface area contributed by atoms with Gasteiger partial charge in [-0.05, 0) is 69.0 Å². The van der Waals surface area contributed by atoms with E-state index in [1.807, 2.05) is 19.1 Å². The molecule has 166 valence electrons. The Morgan fingerprint density at radius 3 is 2.26 bits per heavy atom. The number of piperidine rings is 1. The molecular formula is C23H28N2O5S. The summed E-state index contributed by atoms with van der Waals surface area (Å²) in [7, 11) is -2.39. The highest BCUT2D eigenvalue weighted by Gasteiger charge is 2.34. The molecule has 1 saturated heterocycles. The number of esters is 1. The van der Waals surface area contributed by atoms with E-state index in [1.54, 1.807) is 38.1 Å². The van der Waals surface area contributed by atoms with E-state index in [-0.39, 0.29) is 12.5 Å². The van der Waals surface area contributed by atoms with Gasteiger partial charge >= 0.3 is 5.97 Å². The first-order valence-electron chi connectivity index (χ1n) is 10.2. The van der Waals surface area contributed by atoms with Crippen LogP contribution >= 0.6 is 0 Å². The molecule has 0 unspecified atom stereocenters. The average Bonchev–Trinajstić information content (AvgIpc) is 2.73. The van der Waals surface area contributed by atoms with Gasteiger partial charge < -0.3 is 10.1 Å². The molecule has 2 aromatic carbocycles. The van der Waals surface area contributed by atoms with E-state index in [0.29, 0.717) is 35.5 Å². The third-order valence-electron chi connectivity index (χ3n) is 5.53. The van der Waals surface area contributed by atoms with Gasteiger partial charge in [-0.2, -0.15) is 4.31 Å². The van der Waals surface area contributed by atoms with Crippen molar-refractivity contribution in [1.29, 1.82) is 0 Å².